The summed E-state index contributed by atoms with van der Waals surface area (Å²) < 4.78 is 1.39. The normalized spacial score (nSPS) is 11.9. The van der Waals surface area contributed by atoms with Crippen LogP contribution in [0.1, 0.15) is 55.7 Å². The van der Waals surface area contributed by atoms with Crippen molar-refractivity contribution in [2.24, 2.45) is 0 Å². The number of benzene rings is 1. The molecule has 1 nitrogen and oxygen atoms in total. The molecular weight excluding hydrogens is 214 g/mol. The van der Waals surface area contributed by atoms with Crippen LogP contribution in [0.15, 0.2) is 12.1 Å². The Balaban J connectivity index is 2.76. The van der Waals surface area contributed by atoms with E-state index < -0.39 is 0 Å². The number of fused-ring (bicyclic) bond motifs is 1. The third kappa shape index (κ3) is 1.86. The van der Waals surface area contributed by atoms with Crippen LogP contribution >= 0.6 is 11.3 Å². The van der Waals surface area contributed by atoms with E-state index in [9.17, 15) is 0 Å². The zero-order valence-corrected chi connectivity index (χ0v) is 11.5. The van der Waals surface area contributed by atoms with Gasteiger partial charge in [-0.15, -0.1) is 11.3 Å². The molecule has 0 spiro atoms. The molecule has 0 bridgehead atoms. The summed E-state index contributed by atoms with van der Waals surface area (Å²) in [5.41, 5.74) is 4.04. The lowest BCUT2D eigenvalue weighted by atomic mass is 9.96. The van der Waals surface area contributed by atoms with Crippen LogP contribution in [0.5, 0.6) is 0 Å². The maximum atomic E-state index is 4.70. The smallest absolute Gasteiger partial charge is 0.0908 e. The largest absolute Gasteiger partial charge is 0.241 e. The van der Waals surface area contributed by atoms with Crippen LogP contribution < -0.4 is 0 Å². The highest BCUT2D eigenvalue weighted by Gasteiger charge is 2.14. The van der Waals surface area contributed by atoms with Crippen LogP contribution in [0.2, 0.25) is 0 Å². The average molecular weight is 233 g/mol. The van der Waals surface area contributed by atoms with E-state index in [4.69, 9.17) is 4.98 Å². The number of aryl methyl sites for hydroxylation is 1. The Labute approximate surface area is 102 Å². The van der Waals surface area contributed by atoms with E-state index in [0.717, 1.165) is 0 Å². The third-order valence-electron chi connectivity index (χ3n) is 2.96. The Morgan fingerprint density at radius 1 is 1.00 bits per heavy atom. The lowest BCUT2D eigenvalue weighted by molar-refractivity contribution is 0.858. The number of hydrogen-bond donors (Lipinski definition) is 0. The van der Waals surface area contributed by atoms with Gasteiger partial charge in [0.1, 0.15) is 0 Å². The van der Waals surface area contributed by atoms with Gasteiger partial charge in [0, 0.05) is 0 Å². The fourth-order valence-electron chi connectivity index (χ4n) is 2.07. The first kappa shape index (κ1) is 11.6. The van der Waals surface area contributed by atoms with Crippen molar-refractivity contribution in [2.45, 2.75) is 46.5 Å². The van der Waals surface area contributed by atoms with E-state index in [1.54, 1.807) is 0 Å². The third-order valence-corrected chi connectivity index (χ3v) is 3.98. The number of nitrogens with zero attached hydrogens (tertiary/aromatic N) is 1. The van der Waals surface area contributed by atoms with E-state index >= 15 is 0 Å². The van der Waals surface area contributed by atoms with Crippen LogP contribution in [0, 0.1) is 6.92 Å². The summed E-state index contributed by atoms with van der Waals surface area (Å²) in [6.07, 6.45) is 0. The Bertz CT molecular complexity index is 464. The fourth-order valence-corrected chi connectivity index (χ4v) is 3.19. The molecule has 0 saturated heterocycles. The highest BCUT2D eigenvalue weighted by Crippen LogP contribution is 2.34. The van der Waals surface area contributed by atoms with Crippen LogP contribution in [-0.2, 0) is 0 Å². The van der Waals surface area contributed by atoms with Gasteiger partial charge in [-0.2, -0.15) is 0 Å². The van der Waals surface area contributed by atoms with Crippen molar-refractivity contribution in [1.82, 2.24) is 4.98 Å². The van der Waals surface area contributed by atoms with Crippen molar-refractivity contribution < 1.29 is 0 Å². The molecule has 16 heavy (non-hydrogen) atoms. The van der Waals surface area contributed by atoms with Crippen molar-refractivity contribution in [1.29, 1.82) is 0 Å². The molecule has 0 aliphatic heterocycles. The molecule has 0 N–H and O–H groups in total. The number of rotatable bonds is 2. The van der Waals surface area contributed by atoms with Crippen LogP contribution in [0.25, 0.3) is 10.2 Å². The minimum atomic E-state index is 0.546. The summed E-state index contributed by atoms with van der Waals surface area (Å²) in [6, 6.07) is 4.53. The van der Waals surface area contributed by atoms with Crippen molar-refractivity contribution in [3.8, 4) is 0 Å². The Morgan fingerprint density at radius 2 is 1.56 bits per heavy atom. The molecule has 0 radical (unpaired) electrons. The number of thiazole rings is 1. The van der Waals surface area contributed by atoms with E-state index in [2.05, 4.69) is 46.8 Å². The lowest BCUT2D eigenvalue weighted by Gasteiger charge is -2.11. The molecule has 0 aliphatic carbocycles. The van der Waals surface area contributed by atoms with Crippen molar-refractivity contribution in [2.75, 3.05) is 0 Å². The molecule has 1 aromatic carbocycles. The molecule has 2 rings (SSSR count). The van der Waals surface area contributed by atoms with Gasteiger partial charge in [0.2, 0.25) is 0 Å². The van der Waals surface area contributed by atoms with Crippen LogP contribution in [-0.4, -0.2) is 4.98 Å². The molecular formula is C14H19NS. The second-order valence-corrected chi connectivity index (χ2v) is 6.17. The van der Waals surface area contributed by atoms with Gasteiger partial charge in [-0.1, -0.05) is 39.8 Å². The predicted molar refractivity (Wildman–Crippen MR) is 72.5 cm³/mol. The van der Waals surface area contributed by atoms with Gasteiger partial charge >= 0.3 is 0 Å². The molecule has 0 amide bonds. The van der Waals surface area contributed by atoms with Gasteiger partial charge in [-0.25, -0.2) is 4.98 Å². The first-order chi connectivity index (χ1) is 7.50. The first-order valence-electron chi connectivity index (χ1n) is 5.90. The van der Waals surface area contributed by atoms with Crippen LogP contribution in [0.4, 0.5) is 0 Å². The highest BCUT2D eigenvalue weighted by molar-refractivity contribution is 7.18. The summed E-state index contributed by atoms with van der Waals surface area (Å²) in [6.45, 7) is 11.1. The SMILES string of the molecule is Cc1nc2c(C(C)C)ccc(C(C)C)c2s1. The maximum absolute atomic E-state index is 4.70. The van der Waals surface area contributed by atoms with Gasteiger partial charge in [0.25, 0.3) is 0 Å². The van der Waals surface area contributed by atoms with E-state index in [1.807, 2.05) is 11.3 Å². The standard InChI is InChI=1S/C14H19NS/c1-8(2)11-6-7-12(9(3)4)14-13(11)15-10(5)16-14/h6-9H,1-5H3. The second-order valence-electron chi connectivity index (χ2n) is 4.96. The van der Waals surface area contributed by atoms with Gasteiger partial charge in [0.05, 0.1) is 15.2 Å². The topological polar surface area (TPSA) is 12.9 Å². The van der Waals surface area contributed by atoms with Gasteiger partial charge in [0.15, 0.2) is 0 Å². The Hall–Kier alpha value is -0.890. The molecule has 0 unspecified atom stereocenters. The Morgan fingerprint density at radius 3 is 2.12 bits per heavy atom. The lowest BCUT2D eigenvalue weighted by Crippen LogP contribution is -1.93. The zero-order chi connectivity index (χ0) is 11.9. The maximum Gasteiger partial charge on any atom is 0.0908 e. The molecule has 0 atom stereocenters. The fraction of sp³-hybridized carbons (Fsp3) is 0.500. The molecule has 0 saturated carbocycles. The van der Waals surface area contributed by atoms with E-state index in [-0.39, 0.29) is 0 Å². The molecule has 2 heteroatoms. The molecule has 0 fully saturated rings. The second kappa shape index (κ2) is 4.17. The van der Waals surface area contributed by atoms with Gasteiger partial charge in [-0.05, 0) is 29.9 Å². The van der Waals surface area contributed by atoms with Gasteiger partial charge < -0.3 is 0 Å². The first-order valence-corrected chi connectivity index (χ1v) is 6.72. The molecule has 1 heterocycles. The van der Waals surface area contributed by atoms with Crippen LogP contribution in [0.3, 0.4) is 0 Å². The molecule has 86 valence electrons. The number of aromatic nitrogens is 1. The summed E-state index contributed by atoms with van der Waals surface area (Å²) >= 11 is 1.83. The quantitative estimate of drug-likeness (QED) is 0.722. The monoisotopic (exact) mass is 233 g/mol. The summed E-state index contributed by atoms with van der Waals surface area (Å²) in [7, 11) is 0. The van der Waals surface area contributed by atoms with Crippen molar-refractivity contribution in [3.63, 3.8) is 0 Å². The summed E-state index contributed by atoms with van der Waals surface area (Å²) in [5, 5.41) is 1.17. The van der Waals surface area contributed by atoms with E-state index in [1.165, 1.54) is 26.4 Å². The molecule has 2 aromatic rings. The minimum absolute atomic E-state index is 0.546. The summed E-state index contributed by atoms with van der Waals surface area (Å²) in [5.74, 6) is 1.12. The van der Waals surface area contributed by atoms with Crippen molar-refractivity contribution >= 4 is 21.6 Å². The van der Waals surface area contributed by atoms with Crippen molar-refractivity contribution in [3.05, 3.63) is 28.3 Å². The minimum Gasteiger partial charge on any atom is -0.241 e. The number of hydrogen-bond acceptors (Lipinski definition) is 2. The zero-order valence-electron chi connectivity index (χ0n) is 10.7. The molecule has 0 aliphatic rings. The molecule has 1 aromatic heterocycles. The Kier molecular flexibility index (Phi) is 3.02. The highest BCUT2D eigenvalue weighted by atomic mass is 32.1. The predicted octanol–water partition coefficient (Wildman–Crippen LogP) is 4.85. The van der Waals surface area contributed by atoms with E-state index in [0.29, 0.717) is 11.8 Å². The average Bonchev–Trinajstić information content (AvgIpc) is 2.56. The van der Waals surface area contributed by atoms with Gasteiger partial charge in [-0.3, -0.25) is 0 Å². The summed E-state index contributed by atoms with van der Waals surface area (Å²) in [4.78, 5) is 4.70.